The quantitative estimate of drug-likeness (QED) is 0.772. The van der Waals surface area contributed by atoms with Gasteiger partial charge in [0, 0.05) is 5.46 Å². The van der Waals surface area contributed by atoms with Crippen molar-refractivity contribution in [2.75, 3.05) is 0 Å². The smallest absolute Gasteiger partial charge is 0.399 e. The molecular formula is C16H22BFO2. The number of hydrogen-bond donors (Lipinski definition) is 0. The monoisotopic (exact) mass is 276 g/mol. The maximum Gasteiger partial charge on any atom is 0.497 e. The SMILES string of the molecule is CC1(c2ccc(F)c(B3OC(C)(C)C(C)(C)O3)c2)CC1. The summed E-state index contributed by atoms with van der Waals surface area (Å²) in [6.45, 7) is 10.1. The number of benzene rings is 1. The van der Waals surface area contributed by atoms with Crippen LogP contribution in [0.4, 0.5) is 4.39 Å². The molecule has 0 N–H and O–H groups in total. The van der Waals surface area contributed by atoms with Crippen molar-refractivity contribution < 1.29 is 13.7 Å². The van der Waals surface area contributed by atoms with E-state index < -0.39 is 18.3 Å². The van der Waals surface area contributed by atoms with Gasteiger partial charge in [-0.15, -0.1) is 0 Å². The molecule has 4 heteroatoms. The molecule has 1 aromatic carbocycles. The van der Waals surface area contributed by atoms with Crippen LogP contribution in [0.5, 0.6) is 0 Å². The van der Waals surface area contributed by atoms with Gasteiger partial charge in [0.15, 0.2) is 0 Å². The first-order valence-electron chi connectivity index (χ1n) is 7.30. The molecule has 1 saturated heterocycles. The molecule has 3 rings (SSSR count). The summed E-state index contributed by atoms with van der Waals surface area (Å²) in [6, 6.07) is 5.35. The molecular weight excluding hydrogens is 254 g/mol. The van der Waals surface area contributed by atoms with Gasteiger partial charge < -0.3 is 9.31 Å². The van der Waals surface area contributed by atoms with Gasteiger partial charge in [0.2, 0.25) is 0 Å². The fourth-order valence-electron chi connectivity index (χ4n) is 2.55. The van der Waals surface area contributed by atoms with E-state index in [1.165, 1.54) is 18.4 Å². The molecule has 2 fully saturated rings. The van der Waals surface area contributed by atoms with Crippen LogP contribution in [0.25, 0.3) is 0 Å². The molecule has 1 saturated carbocycles. The Morgan fingerprint density at radius 1 is 1.00 bits per heavy atom. The predicted molar refractivity (Wildman–Crippen MR) is 78.7 cm³/mol. The van der Waals surface area contributed by atoms with Crippen LogP contribution in [0, 0.1) is 5.82 Å². The van der Waals surface area contributed by atoms with E-state index in [9.17, 15) is 4.39 Å². The number of rotatable bonds is 2. The molecule has 2 nitrogen and oxygen atoms in total. The highest BCUT2D eigenvalue weighted by atomic mass is 19.1. The van der Waals surface area contributed by atoms with Gasteiger partial charge in [-0.1, -0.05) is 19.1 Å². The zero-order chi connectivity index (χ0) is 14.8. The van der Waals surface area contributed by atoms with E-state index in [1.54, 1.807) is 6.07 Å². The lowest BCUT2D eigenvalue weighted by Crippen LogP contribution is -2.41. The first-order chi connectivity index (χ1) is 9.15. The summed E-state index contributed by atoms with van der Waals surface area (Å²) in [4.78, 5) is 0. The highest BCUT2D eigenvalue weighted by Gasteiger charge is 2.52. The van der Waals surface area contributed by atoms with Crippen LogP contribution in [0.3, 0.4) is 0 Å². The largest absolute Gasteiger partial charge is 0.497 e. The number of hydrogen-bond acceptors (Lipinski definition) is 2. The summed E-state index contributed by atoms with van der Waals surface area (Å²) in [6.07, 6.45) is 2.34. The Hall–Kier alpha value is -0.865. The average Bonchev–Trinajstić information content (AvgIpc) is 3.02. The lowest BCUT2D eigenvalue weighted by atomic mass is 9.76. The van der Waals surface area contributed by atoms with Crippen molar-refractivity contribution in [3.63, 3.8) is 0 Å². The highest BCUT2D eigenvalue weighted by Crippen LogP contribution is 2.47. The maximum atomic E-state index is 14.2. The maximum absolute atomic E-state index is 14.2. The van der Waals surface area contributed by atoms with Gasteiger partial charge >= 0.3 is 7.12 Å². The third-order valence-corrected chi connectivity index (χ3v) is 5.20. The summed E-state index contributed by atoms with van der Waals surface area (Å²) in [5.74, 6) is -0.253. The highest BCUT2D eigenvalue weighted by molar-refractivity contribution is 6.62. The van der Waals surface area contributed by atoms with E-state index in [4.69, 9.17) is 9.31 Å². The van der Waals surface area contributed by atoms with Crippen molar-refractivity contribution in [2.45, 2.75) is 64.1 Å². The van der Waals surface area contributed by atoms with Gasteiger partial charge in [0.1, 0.15) is 5.82 Å². The first-order valence-corrected chi connectivity index (χ1v) is 7.30. The fraction of sp³-hybridized carbons (Fsp3) is 0.625. The van der Waals surface area contributed by atoms with Crippen LogP contribution in [0.2, 0.25) is 0 Å². The van der Waals surface area contributed by atoms with Crippen molar-refractivity contribution in [3.05, 3.63) is 29.6 Å². The molecule has 1 heterocycles. The molecule has 2 aliphatic rings. The van der Waals surface area contributed by atoms with Crippen molar-refractivity contribution in [1.82, 2.24) is 0 Å². The first kappa shape index (κ1) is 14.1. The van der Waals surface area contributed by atoms with Crippen LogP contribution < -0.4 is 5.46 Å². The zero-order valence-corrected chi connectivity index (χ0v) is 12.9. The second-order valence-electron chi connectivity index (χ2n) is 7.39. The van der Waals surface area contributed by atoms with Gasteiger partial charge in [-0.3, -0.25) is 0 Å². The summed E-state index contributed by atoms with van der Waals surface area (Å²) in [7, 11) is -0.623. The molecule has 1 aliphatic carbocycles. The zero-order valence-electron chi connectivity index (χ0n) is 12.9. The molecule has 108 valence electrons. The Bertz CT molecular complexity index is 533. The van der Waals surface area contributed by atoms with E-state index in [0.29, 0.717) is 5.46 Å². The van der Waals surface area contributed by atoms with E-state index >= 15 is 0 Å². The second kappa shape index (κ2) is 4.08. The Kier molecular flexibility index (Phi) is 2.87. The molecule has 0 radical (unpaired) electrons. The molecule has 1 aliphatic heterocycles. The Labute approximate surface area is 120 Å². The van der Waals surface area contributed by atoms with E-state index in [-0.39, 0.29) is 11.2 Å². The standard InChI is InChI=1S/C16H22BFO2/c1-14(2)15(3,4)20-17(19-14)12-10-11(6-7-13(12)18)16(5)8-9-16/h6-7,10H,8-9H2,1-5H3. The molecule has 20 heavy (non-hydrogen) atoms. The van der Waals surface area contributed by atoms with Crippen molar-refractivity contribution in [3.8, 4) is 0 Å². The van der Waals surface area contributed by atoms with Crippen LogP contribution >= 0.6 is 0 Å². The van der Waals surface area contributed by atoms with Crippen molar-refractivity contribution in [2.24, 2.45) is 0 Å². The molecule has 0 amide bonds. The third kappa shape index (κ3) is 2.10. The predicted octanol–water partition coefficient (Wildman–Crippen LogP) is 3.18. The summed E-state index contributed by atoms with van der Waals surface area (Å²) in [5.41, 5.74) is 1.04. The van der Waals surface area contributed by atoms with Crippen LogP contribution in [0.15, 0.2) is 18.2 Å². The molecule has 1 aromatic rings. The third-order valence-electron chi connectivity index (χ3n) is 5.20. The van der Waals surface area contributed by atoms with Crippen molar-refractivity contribution in [1.29, 1.82) is 0 Å². The molecule has 0 bridgehead atoms. The second-order valence-corrected chi connectivity index (χ2v) is 7.39. The van der Waals surface area contributed by atoms with Gasteiger partial charge in [0.25, 0.3) is 0 Å². The summed E-state index contributed by atoms with van der Waals surface area (Å²) in [5, 5.41) is 0. The summed E-state index contributed by atoms with van der Waals surface area (Å²) >= 11 is 0. The Morgan fingerprint density at radius 3 is 2.05 bits per heavy atom. The van der Waals surface area contributed by atoms with E-state index in [0.717, 1.165) is 0 Å². The Morgan fingerprint density at radius 2 is 1.55 bits per heavy atom. The summed E-state index contributed by atoms with van der Waals surface area (Å²) < 4.78 is 26.1. The number of halogens is 1. The van der Waals surface area contributed by atoms with Crippen molar-refractivity contribution >= 4 is 12.6 Å². The van der Waals surface area contributed by atoms with E-state index in [1.807, 2.05) is 39.8 Å². The van der Waals surface area contributed by atoms with Gasteiger partial charge in [-0.05, 0) is 57.6 Å². The van der Waals surface area contributed by atoms with Gasteiger partial charge in [0.05, 0.1) is 11.2 Å². The minimum atomic E-state index is -0.623. The van der Waals surface area contributed by atoms with Crippen LogP contribution in [-0.4, -0.2) is 18.3 Å². The molecule has 0 unspecified atom stereocenters. The van der Waals surface area contributed by atoms with Crippen LogP contribution in [-0.2, 0) is 14.7 Å². The topological polar surface area (TPSA) is 18.5 Å². The van der Waals surface area contributed by atoms with Gasteiger partial charge in [-0.25, -0.2) is 4.39 Å². The Balaban J connectivity index is 1.95. The van der Waals surface area contributed by atoms with E-state index in [2.05, 4.69) is 6.92 Å². The normalized spacial score (nSPS) is 25.8. The minimum Gasteiger partial charge on any atom is -0.399 e. The minimum absolute atomic E-state index is 0.214. The lowest BCUT2D eigenvalue weighted by molar-refractivity contribution is 0.00578. The molecule has 0 spiro atoms. The average molecular weight is 276 g/mol. The molecule has 0 aromatic heterocycles. The fourth-order valence-corrected chi connectivity index (χ4v) is 2.55. The molecule has 0 atom stereocenters. The van der Waals surface area contributed by atoms with Crippen LogP contribution in [0.1, 0.15) is 53.0 Å². The lowest BCUT2D eigenvalue weighted by Gasteiger charge is -2.32. The van der Waals surface area contributed by atoms with Gasteiger partial charge in [-0.2, -0.15) is 0 Å².